The summed E-state index contributed by atoms with van der Waals surface area (Å²) < 4.78 is 27.1. The number of aryl methyl sites for hydroxylation is 2. The molecule has 0 aliphatic heterocycles. The van der Waals surface area contributed by atoms with Gasteiger partial charge >= 0.3 is 5.97 Å². The number of nitrogens with zero attached hydrogens (tertiary/aromatic N) is 1. The van der Waals surface area contributed by atoms with Gasteiger partial charge < -0.3 is 5.11 Å². The Morgan fingerprint density at radius 3 is 2.35 bits per heavy atom. The van der Waals surface area contributed by atoms with Gasteiger partial charge in [0.2, 0.25) is 10.0 Å². The van der Waals surface area contributed by atoms with E-state index in [1.165, 1.54) is 26.0 Å². The van der Waals surface area contributed by atoms with Gasteiger partial charge in [0.25, 0.3) is 5.69 Å². The summed E-state index contributed by atoms with van der Waals surface area (Å²) in [7, 11) is -4.11. The van der Waals surface area contributed by atoms with Crippen LogP contribution in [0.5, 0.6) is 0 Å². The molecule has 9 heteroatoms. The van der Waals surface area contributed by atoms with E-state index in [9.17, 15) is 28.4 Å². The first kappa shape index (κ1) is 19.0. The Labute approximate surface area is 134 Å². The second kappa shape index (κ2) is 7.05. The summed E-state index contributed by atoms with van der Waals surface area (Å²) in [5, 5.41) is 20.1. The summed E-state index contributed by atoms with van der Waals surface area (Å²) in [6, 6.07) is 1.09. The van der Waals surface area contributed by atoms with Gasteiger partial charge in [0.1, 0.15) is 6.04 Å². The molecule has 128 valence electrons. The number of hydrogen-bond donors (Lipinski definition) is 2. The molecule has 0 fully saturated rings. The van der Waals surface area contributed by atoms with E-state index < -0.39 is 32.9 Å². The molecule has 2 N–H and O–H groups in total. The maximum absolute atomic E-state index is 12.5. The molecule has 23 heavy (non-hydrogen) atoms. The van der Waals surface area contributed by atoms with Crippen LogP contribution in [0.4, 0.5) is 5.69 Å². The van der Waals surface area contributed by atoms with E-state index >= 15 is 0 Å². The fourth-order valence-electron chi connectivity index (χ4n) is 2.14. The molecule has 0 unspecified atom stereocenters. The van der Waals surface area contributed by atoms with Crippen molar-refractivity contribution in [2.45, 2.75) is 45.1 Å². The third kappa shape index (κ3) is 4.26. The molecule has 0 spiro atoms. The molecule has 0 bridgehead atoms. The van der Waals surface area contributed by atoms with E-state index in [0.29, 0.717) is 6.42 Å². The van der Waals surface area contributed by atoms with Gasteiger partial charge in [-0.15, -0.1) is 0 Å². The molecule has 0 saturated carbocycles. The van der Waals surface area contributed by atoms with Crippen LogP contribution in [-0.2, 0) is 14.8 Å². The number of benzene rings is 1. The Kier molecular flexibility index (Phi) is 5.84. The predicted octanol–water partition coefficient (Wildman–Crippen LogP) is 1.99. The number of carboxylic acids is 1. The minimum Gasteiger partial charge on any atom is -0.480 e. The summed E-state index contributed by atoms with van der Waals surface area (Å²) in [5.41, 5.74) is 0.192. The highest BCUT2D eigenvalue weighted by Crippen LogP contribution is 2.26. The lowest BCUT2D eigenvalue weighted by Crippen LogP contribution is -2.45. The van der Waals surface area contributed by atoms with Crippen LogP contribution in [0, 0.1) is 29.9 Å². The fraction of sp³-hybridized carbons (Fsp3) is 0.500. The average molecular weight is 344 g/mol. The molecule has 0 saturated heterocycles. The number of sulfonamides is 1. The Balaban J connectivity index is 3.31. The van der Waals surface area contributed by atoms with E-state index in [1.54, 1.807) is 13.8 Å². The van der Waals surface area contributed by atoms with Gasteiger partial charge in [-0.25, -0.2) is 8.42 Å². The van der Waals surface area contributed by atoms with Crippen molar-refractivity contribution in [2.24, 2.45) is 5.92 Å². The lowest BCUT2D eigenvalue weighted by Gasteiger charge is -2.20. The van der Waals surface area contributed by atoms with Crippen molar-refractivity contribution in [1.29, 1.82) is 0 Å². The summed E-state index contributed by atoms with van der Waals surface area (Å²) in [4.78, 5) is 21.4. The van der Waals surface area contributed by atoms with Crippen molar-refractivity contribution in [3.8, 4) is 0 Å². The van der Waals surface area contributed by atoms with Gasteiger partial charge in [-0.05, 0) is 31.4 Å². The lowest BCUT2D eigenvalue weighted by molar-refractivity contribution is -0.385. The smallest absolute Gasteiger partial charge is 0.322 e. The quantitative estimate of drug-likeness (QED) is 0.575. The number of nitro groups is 1. The molecule has 1 aromatic rings. The number of aliphatic carboxylic acids is 1. The van der Waals surface area contributed by atoms with Crippen LogP contribution in [-0.4, -0.2) is 30.5 Å². The van der Waals surface area contributed by atoms with Crippen LogP contribution in [0.3, 0.4) is 0 Å². The van der Waals surface area contributed by atoms with Gasteiger partial charge in [0.05, 0.1) is 9.82 Å². The number of carboxylic acid groups (broad SMARTS) is 1. The highest BCUT2D eigenvalue weighted by Gasteiger charge is 2.31. The zero-order chi connectivity index (χ0) is 17.9. The minimum absolute atomic E-state index is 0.157. The molecule has 0 amide bonds. The van der Waals surface area contributed by atoms with Crippen molar-refractivity contribution in [1.82, 2.24) is 4.72 Å². The van der Waals surface area contributed by atoms with Crippen molar-refractivity contribution in [3.63, 3.8) is 0 Å². The third-order valence-corrected chi connectivity index (χ3v) is 5.32. The van der Waals surface area contributed by atoms with Crippen molar-refractivity contribution in [3.05, 3.63) is 33.4 Å². The highest BCUT2D eigenvalue weighted by atomic mass is 32.2. The maximum Gasteiger partial charge on any atom is 0.322 e. The number of nitrogens with one attached hydrogen (secondary N) is 1. The highest BCUT2D eigenvalue weighted by molar-refractivity contribution is 7.89. The normalized spacial score (nSPS) is 14.3. The summed E-state index contributed by atoms with van der Waals surface area (Å²) in [5.74, 6) is -1.67. The summed E-state index contributed by atoms with van der Waals surface area (Å²) >= 11 is 0. The molecule has 0 heterocycles. The van der Waals surface area contributed by atoms with Crippen molar-refractivity contribution in [2.75, 3.05) is 0 Å². The third-order valence-electron chi connectivity index (χ3n) is 3.74. The van der Waals surface area contributed by atoms with Crippen LogP contribution >= 0.6 is 0 Å². The van der Waals surface area contributed by atoms with Crippen LogP contribution in [0.25, 0.3) is 0 Å². The zero-order valence-electron chi connectivity index (χ0n) is 13.4. The first-order chi connectivity index (χ1) is 10.5. The molecular weight excluding hydrogens is 324 g/mol. The minimum atomic E-state index is -4.11. The zero-order valence-corrected chi connectivity index (χ0v) is 14.2. The Hall–Kier alpha value is -2.00. The molecule has 0 aliphatic rings. The second-order valence-electron chi connectivity index (χ2n) is 5.48. The molecule has 2 atom stereocenters. The topological polar surface area (TPSA) is 127 Å². The molecule has 0 aromatic heterocycles. The average Bonchev–Trinajstić information content (AvgIpc) is 2.45. The van der Waals surface area contributed by atoms with Gasteiger partial charge in [-0.2, -0.15) is 4.72 Å². The fourth-order valence-corrected chi connectivity index (χ4v) is 3.75. The SMILES string of the molecule is CC[C@H](C)[C@H](NS(=O)(=O)c1cc(C)c([N+](=O)[O-])cc1C)C(=O)O. The molecule has 0 aliphatic carbocycles. The molecule has 1 aromatic carbocycles. The number of nitro benzene ring substituents is 1. The van der Waals surface area contributed by atoms with E-state index in [-0.39, 0.29) is 21.7 Å². The Morgan fingerprint density at radius 2 is 1.91 bits per heavy atom. The first-order valence-corrected chi connectivity index (χ1v) is 8.50. The van der Waals surface area contributed by atoms with Crippen molar-refractivity contribution < 1.29 is 23.2 Å². The Morgan fingerprint density at radius 1 is 1.35 bits per heavy atom. The number of rotatable bonds is 7. The first-order valence-electron chi connectivity index (χ1n) is 7.02. The second-order valence-corrected chi connectivity index (χ2v) is 7.17. The largest absolute Gasteiger partial charge is 0.480 e. The standard InChI is InChI=1S/C14H20N2O6S/c1-5-8(2)13(14(17)18)15-23(21,22)12-7-9(3)11(16(19)20)6-10(12)4/h6-8,13,15H,5H2,1-4H3,(H,17,18)/t8-,13-/m0/s1. The molecule has 1 rings (SSSR count). The summed E-state index contributed by atoms with van der Waals surface area (Å²) in [6.07, 6.45) is 0.484. The Bertz CT molecular complexity index is 729. The van der Waals surface area contributed by atoms with Gasteiger partial charge in [0.15, 0.2) is 0 Å². The van der Waals surface area contributed by atoms with Crippen LogP contribution in [0.15, 0.2) is 17.0 Å². The monoisotopic (exact) mass is 344 g/mol. The van der Waals surface area contributed by atoms with Crippen LogP contribution < -0.4 is 4.72 Å². The summed E-state index contributed by atoms with van der Waals surface area (Å²) in [6.45, 7) is 6.26. The van der Waals surface area contributed by atoms with E-state index in [1.807, 2.05) is 0 Å². The maximum atomic E-state index is 12.5. The van der Waals surface area contributed by atoms with E-state index in [4.69, 9.17) is 0 Å². The lowest BCUT2D eigenvalue weighted by atomic mass is 10.0. The van der Waals surface area contributed by atoms with Crippen LogP contribution in [0.2, 0.25) is 0 Å². The molecular formula is C14H20N2O6S. The van der Waals surface area contributed by atoms with Gasteiger partial charge in [-0.3, -0.25) is 14.9 Å². The van der Waals surface area contributed by atoms with Gasteiger partial charge in [-0.1, -0.05) is 20.3 Å². The molecule has 0 radical (unpaired) electrons. The van der Waals surface area contributed by atoms with E-state index in [2.05, 4.69) is 4.72 Å². The number of carbonyl (C=O) groups is 1. The molecule has 8 nitrogen and oxygen atoms in total. The van der Waals surface area contributed by atoms with Gasteiger partial charge in [0, 0.05) is 11.6 Å². The number of hydrogen-bond acceptors (Lipinski definition) is 5. The van der Waals surface area contributed by atoms with Crippen LogP contribution in [0.1, 0.15) is 31.4 Å². The van der Waals surface area contributed by atoms with E-state index in [0.717, 1.165) is 0 Å². The predicted molar refractivity (Wildman–Crippen MR) is 83.8 cm³/mol. The van der Waals surface area contributed by atoms with Crippen molar-refractivity contribution >= 4 is 21.7 Å².